The normalized spacial score (nSPS) is 12.0. The molecule has 9 heteroatoms. The van der Waals surface area contributed by atoms with Gasteiger partial charge in [-0.15, -0.1) is 0 Å². The zero-order valence-corrected chi connectivity index (χ0v) is 20.4. The fourth-order valence-electron chi connectivity index (χ4n) is 3.54. The molecule has 3 aromatic rings. The maximum atomic E-state index is 13.6. The van der Waals surface area contributed by atoms with Crippen molar-refractivity contribution in [2.24, 2.45) is 0 Å². The summed E-state index contributed by atoms with van der Waals surface area (Å²) in [6.07, 6.45) is 0. The number of carbonyl (C=O) groups excluding carboxylic acids is 2. The quantitative estimate of drug-likeness (QED) is 0.464. The number of likely N-dealkylation sites (N-methyl/N-ethyl adjacent to an activating group) is 1. The summed E-state index contributed by atoms with van der Waals surface area (Å²) in [4.78, 5) is 27.4. The van der Waals surface area contributed by atoms with Crippen LogP contribution in [0, 0.1) is 5.82 Å². The van der Waals surface area contributed by atoms with Crippen LogP contribution in [0.15, 0.2) is 89.8 Å². The Morgan fingerprint density at radius 2 is 1.49 bits per heavy atom. The van der Waals surface area contributed by atoms with E-state index in [4.69, 9.17) is 0 Å². The molecule has 0 fully saturated rings. The number of carbonyl (C=O) groups is 2. The fourth-order valence-corrected chi connectivity index (χ4v) is 4.96. The van der Waals surface area contributed by atoms with Crippen LogP contribution in [0.1, 0.15) is 19.4 Å². The van der Waals surface area contributed by atoms with Gasteiger partial charge in [0.2, 0.25) is 11.8 Å². The van der Waals surface area contributed by atoms with Crippen LogP contribution in [0.25, 0.3) is 0 Å². The molecule has 0 radical (unpaired) electrons. The molecule has 0 aliphatic heterocycles. The van der Waals surface area contributed by atoms with Crippen molar-refractivity contribution in [2.45, 2.75) is 31.3 Å². The summed E-state index contributed by atoms with van der Waals surface area (Å²) in [5.74, 6) is -1.47. The molecule has 1 N–H and O–H groups in total. The van der Waals surface area contributed by atoms with Crippen molar-refractivity contribution in [1.29, 1.82) is 0 Å². The summed E-state index contributed by atoms with van der Waals surface area (Å²) in [5, 5.41) is 2.71. The average molecular weight is 498 g/mol. The largest absolute Gasteiger partial charge is 0.355 e. The molecule has 0 aliphatic rings. The summed E-state index contributed by atoms with van der Waals surface area (Å²) in [5.41, 5.74) is 1.07. The lowest BCUT2D eigenvalue weighted by atomic mass is 10.1. The highest BCUT2D eigenvalue weighted by molar-refractivity contribution is 7.92. The number of halogens is 1. The maximum absolute atomic E-state index is 13.6. The van der Waals surface area contributed by atoms with E-state index in [2.05, 4.69) is 5.32 Å². The standard InChI is InChI=1S/C26H28FN3O4S/c1-3-28-26(32)20(2)29(18-21-10-6-4-7-11-21)25(31)19-30(23-12-8-5-9-13-23)35(33,34)24-16-14-22(27)15-17-24/h4-17,20H,3,18-19H2,1-2H3,(H,28,32). The molecule has 0 heterocycles. The molecule has 0 saturated heterocycles. The van der Waals surface area contributed by atoms with Crippen molar-refractivity contribution >= 4 is 27.5 Å². The van der Waals surface area contributed by atoms with Crippen LogP contribution in [-0.4, -0.2) is 44.3 Å². The third-order valence-corrected chi connectivity index (χ3v) is 7.23. The van der Waals surface area contributed by atoms with Crippen molar-refractivity contribution in [3.8, 4) is 0 Å². The zero-order valence-electron chi connectivity index (χ0n) is 19.6. The van der Waals surface area contributed by atoms with E-state index in [1.807, 2.05) is 30.3 Å². The summed E-state index contributed by atoms with van der Waals surface area (Å²) >= 11 is 0. The highest BCUT2D eigenvalue weighted by Gasteiger charge is 2.32. The van der Waals surface area contributed by atoms with Gasteiger partial charge in [0.15, 0.2) is 0 Å². The van der Waals surface area contributed by atoms with Crippen molar-refractivity contribution in [3.63, 3.8) is 0 Å². The molecule has 1 atom stereocenters. The molecule has 0 spiro atoms. The van der Waals surface area contributed by atoms with E-state index in [0.717, 1.165) is 34.1 Å². The number of nitrogens with one attached hydrogen (secondary N) is 1. The SMILES string of the molecule is CCNC(=O)C(C)N(Cc1ccccc1)C(=O)CN(c1ccccc1)S(=O)(=O)c1ccc(F)cc1. The monoisotopic (exact) mass is 497 g/mol. The van der Waals surface area contributed by atoms with Gasteiger partial charge in [-0.2, -0.15) is 0 Å². The number of hydrogen-bond donors (Lipinski definition) is 1. The van der Waals surface area contributed by atoms with Gasteiger partial charge in [-0.25, -0.2) is 12.8 Å². The summed E-state index contributed by atoms with van der Waals surface area (Å²) in [7, 11) is -4.21. The zero-order chi connectivity index (χ0) is 25.4. The Hall–Kier alpha value is -3.72. The number of benzene rings is 3. The van der Waals surface area contributed by atoms with Crippen LogP contribution in [-0.2, 0) is 26.2 Å². The molecule has 184 valence electrons. The second-order valence-corrected chi connectivity index (χ2v) is 9.74. The first-order chi connectivity index (χ1) is 16.7. The second-order valence-electron chi connectivity index (χ2n) is 7.88. The molecule has 0 aromatic heterocycles. The number of sulfonamides is 1. The average Bonchev–Trinajstić information content (AvgIpc) is 2.86. The van der Waals surface area contributed by atoms with Gasteiger partial charge in [0, 0.05) is 13.1 Å². The van der Waals surface area contributed by atoms with E-state index in [9.17, 15) is 22.4 Å². The number of para-hydroxylation sites is 1. The predicted octanol–water partition coefficient (Wildman–Crippen LogP) is 3.57. The van der Waals surface area contributed by atoms with Crippen molar-refractivity contribution < 1.29 is 22.4 Å². The molecule has 3 aromatic carbocycles. The predicted molar refractivity (Wildman–Crippen MR) is 133 cm³/mol. The van der Waals surface area contributed by atoms with Crippen LogP contribution < -0.4 is 9.62 Å². The molecule has 35 heavy (non-hydrogen) atoms. The minimum Gasteiger partial charge on any atom is -0.355 e. The van der Waals surface area contributed by atoms with Gasteiger partial charge < -0.3 is 10.2 Å². The second kappa shape index (κ2) is 11.6. The number of nitrogens with zero attached hydrogens (tertiary/aromatic N) is 2. The maximum Gasteiger partial charge on any atom is 0.264 e. The van der Waals surface area contributed by atoms with Crippen molar-refractivity contribution in [2.75, 3.05) is 17.4 Å². The Kier molecular flexibility index (Phi) is 8.59. The van der Waals surface area contributed by atoms with Crippen LogP contribution >= 0.6 is 0 Å². The van der Waals surface area contributed by atoms with Crippen molar-refractivity contribution in [3.05, 3.63) is 96.3 Å². The highest BCUT2D eigenvalue weighted by Crippen LogP contribution is 2.24. The Bertz CT molecular complexity index is 1240. The number of amides is 2. The lowest BCUT2D eigenvalue weighted by Gasteiger charge is -2.32. The third-order valence-electron chi connectivity index (χ3n) is 5.44. The molecular formula is C26H28FN3O4S. The molecule has 7 nitrogen and oxygen atoms in total. The lowest BCUT2D eigenvalue weighted by Crippen LogP contribution is -2.51. The topological polar surface area (TPSA) is 86.8 Å². The summed E-state index contributed by atoms with van der Waals surface area (Å²) in [6.45, 7) is 3.36. The Labute approximate surface area is 205 Å². The first kappa shape index (κ1) is 25.9. The van der Waals surface area contributed by atoms with Crippen LogP contribution in [0.4, 0.5) is 10.1 Å². The van der Waals surface area contributed by atoms with E-state index in [1.165, 1.54) is 4.90 Å². The van der Waals surface area contributed by atoms with Gasteiger partial charge in [-0.1, -0.05) is 48.5 Å². The van der Waals surface area contributed by atoms with E-state index in [1.54, 1.807) is 44.2 Å². The molecule has 0 saturated carbocycles. The smallest absolute Gasteiger partial charge is 0.264 e. The molecule has 0 bridgehead atoms. The molecular weight excluding hydrogens is 469 g/mol. The lowest BCUT2D eigenvalue weighted by molar-refractivity contribution is -0.139. The highest BCUT2D eigenvalue weighted by atomic mass is 32.2. The first-order valence-corrected chi connectivity index (χ1v) is 12.6. The van der Waals surface area contributed by atoms with Gasteiger partial charge >= 0.3 is 0 Å². The summed E-state index contributed by atoms with van der Waals surface area (Å²) in [6, 6.07) is 20.9. The minimum absolute atomic E-state index is 0.122. The van der Waals surface area contributed by atoms with Gasteiger partial charge in [0.25, 0.3) is 10.0 Å². The van der Waals surface area contributed by atoms with Crippen LogP contribution in [0.2, 0.25) is 0 Å². The minimum atomic E-state index is -4.21. The molecule has 2 amide bonds. The van der Waals surface area contributed by atoms with Crippen LogP contribution in [0.3, 0.4) is 0 Å². The molecule has 1 unspecified atom stereocenters. The van der Waals surface area contributed by atoms with Crippen molar-refractivity contribution in [1.82, 2.24) is 10.2 Å². The van der Waals surface area contributed by atoms with Gasteiger partial charge in [0.1, 0.15) is 18.4 Å². The van der Waals surface area contributed by atoms with E-state index in [0.29, 0.717) is 6.54 Å². The third kappa shape index (κ3) is 6.45. The Morgan fingerprint density at radius 1 is 0.914 bits per heavy atom. The van der Waals surface area contributed by atoms with Crippen LogP contribution in [0.5, 0.6) is 0 Å². The fraction of sp³-hybridized carbons (Fsp3) is 0.231. The Balaban J connectivity index is 1.99. The summed E-state index contributed by atoms with van der Waals surface area (Å²) < 4.78 is 41.5. The van der Waals surface area contributed by atoms with Gasteiger partial charge in [0.05, 0.1) is 10.6 Å². The Morgan fingerprint density at radius 3 is 2.06 bits per heavy atom. The number of rotatable bonds is 10. The first-order valence-electron chi connectivity index (χ1n) is 11.2. The van der Waals surface area contributed by atoms with E-state index in [-0.39, 0.29) is 23.0 Å². The number of hydrogen-bond acceptors (Lipinski definition) is 4. The molecule has 3 rings (SSSR count). The van der Waals surface area contributed by atoms with E-state index >= 15 is 0 Å². The van der Waals surface area contributed by atoms with E-state index < -0.39 is 34.3 Å². The molecule has 0 aliphatic carbocycles. The van der Waals surface area contributed by atoms with Gasteiger partial charge in [-0.05, 0) is 55.8 Å². The van der Waals surface area contributed by atoms with Gasteiger partial charge in [-0.3, -0.25) is 13.9 Å². The number of anilines is 1.